The molecule has 3 aromatic rings. The van der Waals surface area contributed by atoms with Crippen molar-refractivity contribution in [1.82, 2.24) is 15.5 Å². The number of rotatable bonds is 9. The molecule has 1 amide bonds. The van der Waals surface area contributed by atoms with Gasteiger partial charge in [0.1, 0.15) is 5.75 Å². The summed E-state index contributed by atoms with van der Waals surface area (Å²) in [5.41, 5.74) is 1.82. The first-order valence-corrected chi connectivity index (χ1v) is 8.66. The fourth-order valence-corrected chi connectivity index (χ4v) is 2.57. The Labute approximate surface area is 162 Å². The molecule has 0 aliphatic rings. The van der Waals surface area contributed by atoms with E-state index in [0.29, 0.717) is 36.1 Å². The van der Waals surface area contributed by atoms with Gasteiger partial charge in [-0.1, -0.05) is 6.07 Å². The van der Waals surface area contributed by atoms with E-state index < -0.39 is 0 Å². The molecule has 1 aromatic heterocycles. The predicted molar refractivity (Wildman–Crippen MR) is 101 cm³/mol. The number of ether oxygens (including phenoxy) is 3. The lowest BCUT2D eigenvalue weighted by Crippen LogP contribution is -2.30. The van der Waals surface area contributed by atoms with Crippen LogP contribution in [0, 0.1) is 0 Å². The lowest BCUT2D eigenvalue weighted by atomic mass is 10.1. The highest BCUT2D eigenvalue weighted by Crippen LogP contribution is 2.27. The fraction of sp³-hybridized carbons (Fsp3) is 0.250. The van der Waals surface area contributed by atoms with Crippen LogP contribution in [0.15, 0.2) is 53.3 Å². The van der Waals surface area contributed by atoms with Gasteiger partial charge in [0.2, 0.25) is 12.3 Å². The summed E-state index contributed by atoms with van der Waals surface area (Å²) in [5.74, 6) is 2.16. The topological polar surface area (TPSA) is 95.7 Å². The van der Waals surface area contributed by atoms with Crippen LogP contribution in [0.2, 0.25) is 0 Å². The molecule has 0 atom stereocenters. The molecule has 146 valence electrons. The maximum atomic E-state index is 12.0. The zero-order valence-electron chi connectivity index (χ0n) is 15.7. The first-order chi connectivity index (χ1) is 13.7. The van der Waals surface area contributed by atoms with Gasteiger partial charge >= 0.3 is 0 Å². The Kier molecular flexibility index (Phi) is 6.46. The number of nitrogens with zero attached hydrogens (tertiary/aromatic N) is 2. The van der Waals surface area contributed by atoms with Crippen molar-refractivity contribution in [2.45, 2.75) is 6.42 Å². The minimum atomic E-state index is -0.193. The number of amides is 1. The molecule has 0 saturated carbocycles. The molecule has 0 fully saturated rings. The molecule has 3 rings (SSSR count). The van der Waals surface area contributed by atoms with Crippen LogP contribution in [0.4, 0.5) is 0 Å². The number of aromatic nitrogens is 2. The molecule has 0 spiro atoms. The van der Waals surface area contributed by atoms with Crippen LogP contribution in [0.25, 0.3) is 11.5 Å². The van der Waals surface area contributed by atoms with Crippen molar-refractivity contribution in [2.75, 3.05) is 27.4 Å². The van der Waals surface area contributed by atoms with Gasteiger partial charge < -0.3 is 23.9 Å². The van der Waals surface area contributed by atoms with Gasteiger partial charge in [-0.25, -0.2) is 0 Å². The second-order valence-electron chi connectivity index (χ2n) is 5.85. The summed E-state index contributed by atoms with van der Waals surface area (Å²) in [6, 6.07) is 12.8. The molecule has 0 aliphatic heterocycles. The molecule has 0 aliphatic carbocycles. The smallest absolute Gasteiger partial charge is 0.257 e. The monoisotopic (exact) mass is 383 g/mol. The Morgan fingerprint density at radius 1 is 1.07 bits per heavy atom. The largest absolute Gasteiger partial charge is 0.493 e. The average molecular weight is 383 g/mol. The van der Waals surface area contributed by atoms with E-state index in [4.69, 9.17) is 18.6 Å². The van der Waals surface area contributed by atoms with Gasteiger partial charge in [-0.15, -0.1) is 10.2 Å². The first kappa shape index (κ1) is 19.2. The molecule has 0 radical (unpaired) electrons. The van der Waals surface area contributed by atoms with E-state index in [1.807, 2.05) is 18.2 Å². The van der Waals surface area contributed by atoms with E-state index in [0.717, 1.165) is 11.1 Å². The van der Waals surface area contributed by atoms with E-state index >= 15 is 0 Å². The summed E-state index contributed by atoms with van der Waals surface area (Å²) >= 11 is 0. The van der Waals surface area contributed by atoms with E-state index in [1.54, 1.807) is 38.5 Å². The molecule has 0 bridgehead atoms. The van der Waals surface area contributed by atoms with Gasteiger partial charge in [0, 0.05) is 12.1 Å². The van der Waals surface area contributed by atoms with Crippen molar-refractivity contribution >= 4 is 5.91 Å². The number of hydrogen-bond donors (Lipinski definition) is 1. The molecule has 1 heterocycles. The van der Waals surface area contributed by atoms with Crippen LogP contribution in [-0.4, -0.2) is 43.5 Å². The summed E-state index contributed by atoms with van der Waals surface area (Å²) in [4.78, 5) is 12.0. The Balaban J connectivity index is 1.42. The number of hydrogen-bond acceptors (Lipinski definition) is 7. The van der Waals surface area contributed by atoms with Gasteiger partial charge in [-0.3, -0.25) is 4.79 Å². The van der Waals surface area contributed by atoms with E-state index in [9.17, 15) is 4.79 Å². The normalized spacial score (nSPS) is 10.4. The molecule has 8 nitrogen and oxygen atoms in total. The third-order valence-electron chi connectivity index (χ3n) is 4.02. The fourth-order valence-electron chi connectivity index (χ4n) is 2.57. The Morgan fingerprint density at radius 3 is 2.54 bits per heavy atom. The molecule has 8 heteroatoms. The number of carbonyl (C=O) groups excluding carboxylic acids is 1. The SMILES string of the molecule is COc1ccc(CCNC(=O)COc2ccc(-c3nnco3)cc2)cc1OC. The van der Waals surface area contributed by atoms with Crippen LogP contribution in [0.5, 0.6) is 17.2 Å². The van der Waals surface area contributed by atoms with Crippen molar-refractivity contribution in [2.24, 2.45) is 0 Å². The summed E-state index contributed by atoms with van der Waals surface area (Å²) in [6.07, 6.45) is 1.94. The highest BCUT2D eigenvalue weighted by atomic mass is 16.5. The number of methoxy groups -OCH3 is 2. The summed E-state index contributed by atoms with van der Waals surface area (Å²) in [6.45, 7) is 0.430. The lowest BCUT2D eigenvalue weighted by molar-refractivity contribution is -0.123. The maximum absolute atomic E-state index is 12.0. The van der Waals surface area contributed by atoms with Crippen molar-refractivity contribution in [3.63, 3.8) is 0 Å². The Bertz CT molecular complexity index is 895. The Morgan fingerprint density at radius 2 is 1.86 bits per heavy atom. The van der Waals surface area contributed by atoms with Gasteiger partial charge in [-0.05, 0) is 48.4 Å². The summed E-state index contributed by atoms with van der Waals surface area (Å²) < 4.78 is 21.1. The van der Waals surface area contributed by atoms with Gasteiger partial charge in [0.05, 0.1) is 14.2 Å². The number of benzene rings is 2. The predicted octanol–water partition coefficient (Wildman–Crippen LogP) is 2.49. The molecule has 0 saturated heterocycles. The second-order valence-corrected chi connectivity index (χ2v) is 5.85. The minimum absolute atomic E-state index is 0.0637. The third kappa shape index (κ3) is 5.00. The molecule has 28 heavy (non-hydrogen) atoms. The lowest BCUT2D eigenvalue weighted by Gasteiger charge is -2.10. The molecule has 0 unspecified atom stereocenters. The van der Waals surface area contributed by atoms with Crippen molar-refractivity contribution in [1.29, 1.82) is 0 Å². The second kappa shape index (κ2) is 9.40. The van der Waals surface area contributed by atoms with Crippen LogP contribution >= 0.6 is 0 Å². The van der Waals surface area contributed by atoms with Gasteiger partial charge in [0.25, 0.3) is 5.91 Å². The van der Waals surface area contributed by atoms with Crippen LogP contribution in [0.1, 0.15) is 5.56 Å². The van der Waals surface area contributed by atoms with Crippen LogP contribution in [-0.2, 0) is 11.2 Å². The third-order valence-corrected chi connectivity index (χ3v) is 4.02. The zero-order valence-corrected chi connectivity index (χ0v) is 15.7. The van der Waals surface area contributed by atoms with Crippen LogP contribution < -0.4 is 19.5 Å². The van der Waals surface area contributed by atoms with Crippen molar-refractivity contribution in [3.05, 3.63) is 54.4 Å². The highest BCUT2D eigenvalue weighted by Gasteiger charge is 2.07. The standard InChI is InChI=1S/C20H21N3O5/c1-25-17-8-3-14(11-18(17)26-2)9-10-21-19(24)12-27-16-6-4-15(5-7-16)20-23-22-13-28-20/h3-8,11,13H,9-10,12H2,1-2H3,(H,21,24). The summed E-state index contributed by atoms with van der Waals surface area (Å²) in [5, 5.41) is 10.3. The maximum Gasteiger partial charge on any atom is 0.257 e. The van der Waals surface area contributed by atoms with Gasteiger partial charge in [0.15, 0.2) is 18.1 Å². The molecule has 1 N–H and O–H groups in total. The average Bonchev–Trinajstić information content (AvgIpc) is 3.27. The van der Waals surface area contributed by atoms with Crippen LogP contribution in [0.3, 0.4) is 0 Å². The van der Waals surface area contributed by atoms with Gasteiger partial charge in [-0.2, -0.15) is 0 Å². The number of nitrogens with one attached hydrogen (secondary N) is 1. The van der Waals surface area contributed by atoms with E-state index in [-0.39, 0.29) is 12.5 Å². The quantitative estimate of drug-likeness (QED) is 0.606. The van der Waals surface area contributed by atoms with E-state index in [2.05, 4.69) is 15.5 Å². The highest BCUT2D eigenvalue weighted by molar-refractivity contribution is 5.77. The summed E-state index contributed by atoms with van der Waals surface area (Å²) in [7, 11) is 3.19. The first-order valence-electron chi connectivity index (χ1n) is 8.66. The molecular weight excluding hydrogens is 362 g/mol. The zero-order chi connectivity index (χ0) is 19.8. The van der Waals surface area contributed by atoms with Crippen molar-refractivity contribution < 1.29 is 23.4 Å². The minimum Gasteiger partial charge on any atom is -0.493 e. The molecule has 2 aromatic carbocycles. The molecular formula is C20H21N3O5. The van der Waals surface area contributed by atoms with E-state index in [1.165, 1.54) is 6.39 Å². The van der Waals surface area contributed by atoms with Crippen molar-refractivity contribution in [3.8, 4) is 28.7 Å². The number of carbonyl (C=O) groups is 1. The Hall–Kier alpha value is -3.55.